The van der Waals surface area contributed by atoms with Crippen LogP contribution in [0.15, 0.2) is 0 Å². The molecule has 1 aliphatic heterocycles. The lowest BCUT2D eigenvalue weighted by Gasteiger charge is -2.36. The van der Waals surface area contributed by atoms with Crippen LogP contribution in [0.1, 0.15) is 86.0 Å². The van der Waals surface area contributed by atoms with Crippen LogP contribution >= 0.6 is 0 Å². The largest absolute Gasteiger partial charge is 0.336 e. The Kier molecular flexibility index (Phi) is 7.61. The van der Waals surface area contributed by atoms with Gasteiger partial charge in [0.05, 0.1) is 0 Å². The highest BCUT2D eigenvalue weighted by Crippen LogP contribution is 2.33. The maximum absolute atomic E-state index is 12.3. The molecule has 0 aliphatic carbocycles. The van der Waals surface area contributed by atoms with Gasteiger partial charge in [0.1, 0.15) is 0 Å². The quantitative estimate of drug-likeness (QED) is 0.543. The predicted octanol–water partition coefficient (Wildman–Crippen LogP) is 5.02. The molecule has 1 amide bonds. The summed E-state index contributed by atoms with van der Waals surface area (Å²) in [5.41, 5.74) is 0. The standard InChI is InChI=1S/C18H35NO/c1-6-8-9-10-11-12-17-15(4)13-18(20)19(17)16(5)14(3)7-2/h14-17H,6-13H2,1-5H3. The van der Waals surface area contributed by atoms with E-state index in [9.17, 15) is 4.79 Å². The van der Waals surface area contributed by atoms with E-state index in [4.69, 9.17) is 0 Å². The van der Waals surface area contributed by atoms with Gasteiger partial charge in [0, 0.05) is 18.5 Å². The lowest BCUT2D eigenvalue weighted by atomic mass is 9.93. The minimum atomic E-state index is 0.392. The van der Waals surface area contributed by atoms with Crippen molar-refractivity contribution in [2.45, 2.75) is 98.1 Å². The highest BCUT2D eigenvalue weighted by molar-refractivity contribution is 5.79. The normalized spacial score (nSPS) is 26.1. The number of carbonyl (C=O) groups is 1. The molecule has 1 saturated heterocycles. The highest BCUT2D eigenvalue weighted by Gasteiger charge is 2.39. The molecular weight excluding hydrogens is 246 g/mol. The molecule has 0 N–H and O–H groups in total. The summed E-state index contributed by atoms with van der Waals surface area (Å²) < 4.78 is 0. The van der Waals surface area contributed by atoms with E-state index in [0.29, 0.717) is 29.8 Å². The van der Waals surface area contributed by atoms with Gasteiger partial charge in [0.15, 0.2) is 0 Å². The lowest BCUT2D eigenvalue weighted by molar-refractivity contribution is -0.132. The molecule has 1 aliphatic rings. The van der Waals surface area contributed by atoms with Crippen molar-refractivity contribution in [3.05, 3.63) is 0 Å². The summed E-state index contributed by atoms with van der Waals surface area (Å²) in [6, 6.07) is 0.895. The Morgan fingerprint density at radius 1 is 1.15 bits per heavy atom. The molecule has 0 aromatic heterocycles. The van der Waals surface area contributed by atoms with Crippen LogP contribution < -0.4 is 0 Å². The van der Waals surface area contributed by atoms with Gasteiger partial charge in [-0.05, 0) is 25.2 Å². The number of amides is 1. The molecule has 4 unspecified atom stereocenters. The van der Waals surface area contributed by atoms with Gasteiger partial charge in [-0.25, -0.2) is 0 Å². The summed E-state index contributed by atoms with van der Waals surface area (Å²) in [7, 11) is 0. The van der Waals surface area contributed by atoms with Crippen molar-refractivity contribution in [1.82, 2.24) is 4.90 Å². The van der Waals surface area contributed by atoms with Crippen LogP contribution in [0.4, 0.5) is 0 Å². The monoisotopic (exact) mass is 281 g/mol. The fraction of sp³-hybridized carbons (Fsp3) is 0.944. The highest BCUT2D eigenvalue weighted by atomic mass is 16.2. The van der Waals surface area contributed by atoms with Crippen molar-refractivity contribution in [2.24, 2.45) is 11.8 Å². The SMILES string of the molecule is CCCCCCCC1C(C)CC(=O)N1C(C)C(C)CC. The molecule has 1 heterocycles. The fourth-order valence-electron chi connectivity index (χ4n) is 3.50. The van der Waals surface area contributed by atoms with E-state index in [1.807, 2.05) is 0 Å². The van der Waals surface area contributed by atoms with Crippen LogP contribution in [0.25, 0.3) is 0 Å². The molecule has 20 heavy (non-hydrogen) atoms. The van der Waals surface area contributed by atoms with Crippen molar-refractivity contribution in [3.8, 4) is 0 Å². The Morgan fingerprint density at radius 2 is 1.80 bits per heavy atom. The number of nitrogens with zero attached hydrogens (tertiary/aromatic N) is 1. The Hall–Kier alpha value is -0.530. The van der Waals surface area contributed by atoms with Gasteiger partial charge in [0.25, 0.3) is 0 Å². The van der Waals surface area contributed by atoms with E-state index < -0.39 is 0 Å². The Morgan fingerprint density at radius 3 is 2.40 bits per heavy atom. The molecule has 0 saturated carbocycles. The van der Waals surface area contributed by atoms with Crippen LogP contribution in [-0.4, -0.2) is 22.9 Å². The van der Waals surface area contributed by atoms with Crippen molar-refractivity contribution >= 4 is 5.91 Å². The smallest absolute Gasteiger partial charge is 0.223 e. The van der Waals surface area contributed by atoms with Crippen LogP contribution in [-0.2, 0) is 4.79 Å². The predicted molar refractivity (Wildman–Crippen MR) is 86.7 cm³/mol. The van der Waals surface area contributed by atoms with Gasteiger partial charge in [-0.2, -0.15) is 0 Å². The van der Waals surface area contributed by atoms with Crippen LogP contribution in [0.5, 0.6) is 0 Å². The van der Waals surface area contributed by atoms with Crippen LogP contribution in [0.3, 0.4) is 0 Å². The second-order valence-corrected chi connectivity index (χ2v) is 6.88. The molecule has 118 valence electrons. The lowest BCUT2D eigenvalue weighted by Crippen LogP contribution is -2.44. The Labute approximate surface area is 126 Å². The summed E-state index contributed by atoms with van der Waals surface area (Å²) in [5, 5.41) is 0. The number of hydrogen-bond donors (Lipinski definition) is 0. The van der Waals surface area contributed by atoms with Crippen molar-refractivity contribution < 1.29 is 4.79 Å². The Balaban J connectivity index is 2.53. The Bertz CT molecular complexity index is 289. The third-order valence-corrected chi connectivity index (χ3v) is 5.31. The van der Waals surface area contributed by atoms with Gasteiger partial charge in [-0.15, -0.1) is 0 Å². The van der Waals surface area contributed by atoms with E-state index in [1.54, 1.807) is 0 Å². The number of unbranched alkanes of at least 4 members (excludes halogenated alkanes) is 4. The minimum absolute atomic E-state index is 0.392. The topological polar surface area (TPSA) is 20.3 Å². The summed E-state index contributed by atoms with van der Waals surface area (Å²) in [6.07, 6.45) is 9.75. The summed E-state index contributed by atoms with van der Waals surface area (Å²) in [4.78, 5) is 14.6. The summed E-state index contributed by atoms with van der Waals surface area (Å²) in [5.74, 6) is 1.54. The number of rotatable bonds is 9. The maximum atomic E-state index is 12.3. The van der Waals surface area contributed by atoms with Gasteiger partial charge >= 0.3 is 0 Å². The molecule has 0 spiro atoms. The zero-order chi connectivity index (χ0) is 15.1. The molecule has 2 nitrogen and oxygen atoms in total. The maximum Gasteiger partial charge on any atom is 0.223 e. The van der Waals surface area contributed by atoms with E-state index >= 15 is 0 Å². The van der Waals surface area contributed by atoms with Gasteiger partial charge in [-0.1, -0.05) is 66.2 Å². The molecule has 1 fully saturated rings. The molecule has 0 radical (unpaired) electrons. The molecule has 0 aromatic rings. The second kappa shape index (κ2) is 8.69. The molecule has 4 atom stereocenters. The van der Waals surface area contributed by atoms with E-state index in [0.717, 1.165) is 12.8 Å². The van der Waals surface area contributed by atoms with Crippen molar-refractivity contribution in [1.29, 1.82) is 0 Å². The van der Waals surface area contributed by atoms with Gasteiger partial charge in [0.2, 0.25) is 5.91 Å². The first-order valence-electron chi connectivity index (χ1n) is 8.84. The summed E-state index contributed by atoms with van der Waals surface area (Å²) >= 11 is 0. The van der Waals surface area contributed by atoms with E-state index in [2.05, 4.69) is 39.5 Å². The minimum Gasteiger partial charge on any atom is -0.336 e. The first kappa shape index (κ1) is 17.5. The van der Waals surface area contributed by atoms with Crippen LogP contribution in [0.2, 0.25) is 0 Å². The van der Waals surface area contributed by atoms with E-state index in [1.165, 1.54) is 38.5 Å². The first-order valence-corrected chi connectivity index (χ1v) is 8.84. The molecule has 0 bridgehead atoms. The third-order valence-electron chi connectivity index (χ3n) is 5.31. The number of hydrogen-bond acceptors (Lipinski definition) is 1. The molecule has 0 aromatic carbocycles. The molecular formula is C18H35NO. The summed E-state index contributed by atoms with van der Waals surface area (Å²) in [6.45, 7) is 11.3. The molecule has 2 heteroatoms. The fourth-order valence-corrected chi connectivity index (χ4v) is 3.50. The van der Waals surface area contributed by atoms with Crippen molar-refractivity contribution in [2.75, 3.05) is 0 Å². The average molecular weight is 281 g/mol. The molecule has 1 rings (SSSR count). The first-order chi connectivity index (χ1) is 9.52. The number of carbonyl (C=O) groups excluding carboxylic acids is 1. The third kappa shape index (κ3) is 4.49. The van der Waals surface area contributed by atoms with Crippen LogP contribution in [0, 0.1) is 11.8 Å². The van der Waals surface area contributed by atoms with E-state index in [-0.39, 0.29) is 0 Å². The average Bonchev–Trinajstić information content (AvgIpc) is 2.71. The van der Waals surface area contributed by atoms with Crippen molar-refractivity contribution in [3.63, 3.8) is 0 Å². The van der Waals surface area contributed by atoms with Gasteiger partial charge in [-0.3, -0.25) is 4.79 Å². The number of likely N-dealkylation sites (tertiary alicyclic amines) is 1. The van der Waals surface area contributed by atoms with Gasteiger partial charge < -0.3 is 4.90 Å². The zero-order valence-electron chi connectivity index (χ0n) is 14.3. The zero-order valence-corrected chi connectivity index (χ0v) is 14.3. The second-order valence-electron chi connectivity index (χ2n) is 6.88.